The lowest BCUT2D eigenvalue weighted by Crippen LogP contribution is -2.31. The van der Waals surface area contributed by atoms with E-state index in [2.05, 4.69) is 16.8 Å². The summed E-state index contributed by atoms with van der Waals surface area (Å²) in [5, 5.41) is 0. The van der Waals surface area contributed by atoms with Gasteiger partial charge in [0.15, 0.2) is 0 Å². The lowest BCUT2D eigenvalue weighted by atomic mass is 9.90. The van der Waals surface area contributed by atoms with Crippen LogP contribution in [0.15, 0.2) is 12.1 Å². The van der Waals surface area contributed by atoms with Crippen LogP contribution in [0.3, 0.4) is 0 Å². The summed E-state index contributed by atoms with van der Waals surface area (Å²) >= 11 is 0. The Morgan fingerprint density at radius 3 is 2.89 bits per heavy atom. The maximum atomic E-state index is 5.83. The van der Waals surface area contributed by atoms with Gasteiger partial charge in [0.1, 0.15) is 5.75 Å². The zero-order valence-electron chi connectivity index (χ0n) is 11.6. The largest absolute Gasteiger partial charge is 0.497 e. The fourth-order valence-electron chi connectivity index (χ4n) is 2.56. The van der Waals surface area contributed by atoms with Crippen molar-refractivity contribution in [1.29, 1.82) is 0 Å². The molecule has 18 heavy (non-hydrogen) atoms. The van der Waals surface area contributed by atoms with Crippen molar-refractivity contribution in [3.05, 3.63) is 23.5 Å². The highest BCUT2D eigenvalue weighted by atomic mass is 16.5. The number of nitrogens with zero attached hydrogens (tertiary/aromatic N) is 2. The highest BCUT2D eigenvalue weighted by molar-refractivity contribution is 5.26. The van der Waals surface area contributed by atoms with Crippen LogP contribution in [0.5, 0.6) is 5.75 Å². The molecule has 1 fully saturated rings. The van der Waals surface area contributed by atoms with Gasteiger partial charge in [0.25, 0.3) is 0 Å². The van der Waals surface area contributed by atoms with E-state index in [1.165, 1.54) is 6.42 Å². The van der Waals surface area contributed by atoms with Gasteiger partial charge < -0.3 is 10.5 Å². The Balaban J connectivity index is 2.04. The molecule has 1 aliphatic rings. The standard InChI is InChI=1S/C14H23N3O/c1-11-6-13(18-3)7-12(16-11)8-17-5-4-14(2,9-15)10-17/h6-7H,4-5,8-10,15H2,1-3H3. The van der Waals surface area contributed by atoms with Crippen LogP contribution in [0.25, 0.3) is 0 Å². The Morgan fingerprint density at radius 1 is 1.50 bits per heavy atom. The van der Waals surface area contributed by atoms with Gasteiger partial charge in [0.2, 0.25) is 0 Å². The molecule has 0 aliphatic carbocycles. The summed E-state index contributed by atoms with van der Waals surface area (Å²) in [5.74, 6) is 0.887. The van der Waals surface area contributed by atoms with Crippen molar-refractivity contribution in [2.45, 2.75) is 26.8 Å². The monoisotopic (exact) mass is 249 g/mol. The number of likely N-dealkylation sites (tertiary alicyclic amines) is 1. The molecule has 0 bridgehead atoms. The van der Waals surface area contributed by atoms with Gasteiger partial charge in [-0.25, -0.2) is 0 Å². The second-order valence-electron chi connectivity index (χ2n) is 5.62. The SMILES string of the molecule is COc1cc(C)nc(CN2CCC(C)(CN)C2)c1. The molecule has 2 N–H and O–H groups in total. The molecule has 0 amide bonds. The third-order valence-corrected chi connectivity index (χ3v) is 3.73. The first-order chi connectivity index (χ1) is 8.54. The summed E-state index contributed by atoms with van der Waals surface area (Å²) in [4.78, 5) is 6.99. The number of aromatic nitrogens is 1. The van der Waals surface area contributed by atoms with Crippen LogP contribution in [0, 0.1) is 12.3 Å². The molecule has 1 aliphatic heterocycles. The fourth-order valence-corrected chi connectivity index (χ4v) is 2.56. The quantitative estimate of drug-likeness (QED) is 0.880. The number of pyridine rings is 1. The van der Waals surface area contributed by atoms with E-state index in [-0.39, 0.29) is 5.41 Å². The molecule has 100 valence electrons. The van der Waals surface area contributed by atoms with Crippen LogP contribution in [-0.2, 0) is 6.54 Å². The average Bonchev–Trinajstić information content (AvgIpc) is 2.71. The predicted molar refractivity (Wildman–Crippen MR) is 72.6 cm³/mol. The van der Waals surface area contributed by atoms with Crippen molar-refractivity contribution in [2.75, 3.05) is 26.7 Å². The van der Waals surface area contributed by atoms with E-state index in [1.54, 1.807) is 7.11 Å². The minimum absolute atomic E-state index is 0.272. The third kappa shape index (κ3) is 3.00. The van der Waals surface area contributed by atoms with E-state index in [0.717, 1.165) is 43.3 Å². The first-order valence-corrected chi connectivity index (χ1v) is 6.49. The number of hydrogen-bond acceptors (Lipinski definition) is 4. The lowest BCUT2D eigenvalue weighted by molar-refractivity contribution is 0.271. The highest BCUT2D eigenvalue weighted by Gasteiger charge is 2.32. The van der Waals surface area contributed by atoms with Crippen LogP contribution in [0.4, 0.5) is 0 Å². The van der Waals surface area contributed by atoms with E-state index < -0.39 is 0 Å². The number of rotatable bonds is 4. The second-order valence-corrected chi connectivity index (χ2v) is 5.62. The number of ether oxygens (including phenoxy) is 1. The summed E-state index contributed by atoms with van der Waals surface area (Å²) in [6, 6.07) is 3.97. The minimum atomic E-state index is 0.272. The molecule has 2 heterocycles. The Bertz CT molecular complexity index is 422. The Morgan fingerprint density at radius 2 is 2.28 bits per heavy atom. The van der Waals surface area contributed by atoms with Gasteiger partial charge in [-0.15, -0.1) is 0 Å². The Kier molecular flexibility index (Phi) is 3.88. The molecule has 1 atom stereocenters. The van der Waals surface area contributed by atoms with Crippen molar-refractivity contribution in [2.24, 2.45) is 11.1 Å². The number of hydrogen-bond donors (Lipinski definition) is 1. The number of nitrogens with two attached hydrogens (primary N) is 1. The molecule has 0 spiro atoms. The van der Waals surface area contributed by atoms with Gasteiger partial charge in [0, 0.05) is 30.9 Å². The van der Waals surface area contributed by atoms with E-state index in [9.17, 15) is 0 Å². The molecular weight excluding hydrogens is 226 g/mol. The molecule has 1 aromatic rings. The lowest BCUT2D eigenvalue weighted by Gasteiger charge is -2.22. The summed E-state index contributed by atoms with van der Waals surface area (Å²) in [7, 11) is 1.69. The van der Waals surface area contributed by atoms with E-state index in [0.29, 0.717) is 0 Å². The molecule has 0 aromatic carbocycles. The van der Waals surface area contributed by atoms with Crippen molar-refractivity contribution in [3.8, 4) is 5.75 Å². The maximum Gasteiger partial charge on any atom is 0.122 e. The van der Waals surface area contributed by atoms with Gasteiger partial charge in [-0.2, -0.15) is 0 Å². The zero-order valence-corrected chi connectivity index (χ0v) is 11.6. The van der Waals surface area contributed by atoms with Crippen LogP contribution < -0.4 is 10.5 Å². The molecule has 1 aromatic heterocycles. The normalized spacial score (nSPS) is 24.4. The van der Waals surface area contributed by atoms with Gasteiger partial charge in [-0.3, -0.25) is 9.88 Å². The zero-order chi connectivity index (χ0) is 13.2. The summed E-state index contributed by atoms with van der Waals surface area (Å²) < 4.78 is 5.28. The van der Waals surface area contributed by atoms with E-state index in [1.807, 2.05) is 19.1 Å². The highest BCUT2D eigenvalue weighted by Crippen LogP contribution is 2.29. The van der Waals surface area contributed by atoms with Gasteiger partial charge in [-0.05, 0) is 31.8 Å². The van der Waals surface area contributed by atoms with Gasteiger partial charge >= 0.3 is 0 Å². The fraction of sp³-hybridized carbons (Fsp3) is 0.643. The van der Waals surface area contributed by atoms with Crippen LogP contribution in [-0.4, -0.2) is 36.6 Å². The van der Waals surface area contributed by atoms with Crippen molar-refractivity contribution < 1.29 is 4.74 Å². The molecule has 1 unspecified atom stereocenters. The third-order valence-electron chi connectivity index (χ3n) is 3.73. The van der Waals surface area contributed by atoms with Gasteiger partial charge in [0.05, 0.1) is 12.8 Å². The van der Waals surface area contributed by atoms with Crippen LogP contribution in [0.1, 0.15) is 24.7 Å². The van der Waals surface area contributed by atoms with Crippen molar-refractivity contribution >= 4 is 0 Å². The average molecular weight is 249 g/mol. The number of aryl methyl sites for hydroxylation is 1. The first kappa shape index (κ1) is 13.3. The Hall–Kier alpha value is -1.13. The van der Waals surface area contributed by atoms with E-state index >= 15 is 0 Å². The topological polar surface area (TPSA) is 51.4 Å². The minimum Gasteiger partial charge on any atom is -0.497 e. The second kappa shape index (κ2) is 5.24. The molecule has 4 heteroatoms. The van der Waals surface area contributed by atoms with Crippen LogP contribution >= 0.6 is 0 Å². The maximum absolute atomic E-state index is 5.83. The summed E-state index contributed by atoms with van der Waals surface area (Å²) in [6.07, 6.45) is 1.17. The smallest absolute Gasteiger partial charge is 0.122 e. The molecule has 0 saturated carbocycles. The molecule has 2 rings (SSSR count). The first-order valence-electron chi connectivity index (χ1n) is 6.49. The van der Waals surface area contributed by atoms with Crippen molar-refractivity contribution in [1.82, 2.24) is 9.88 Å². The van der Waals surface area contributed by atoms with Crippen molar-refractivity contribution in [3.63, 3.8) is 0 Å². The molecular formula is C14H23N3O. The molecule has 4 nitrogen and oxygen atoms in total. The molecule has 0 radical (unpaired) electrons. The summed E-state index contributed by atoms with van der Waals surface area (Å²) in [5.41, 5.74) is 8.18. The number of methoxy groups -OCH3 is 1. The van der Waals surface area contributed by atoms with Gasteiger partial charge in [-0.1, -0.05) is 6.92 Å². The predicted octanol–water partition coefficient (Wildman–Crippen LogP) is 1.57. The van der Waals surface area contributed by atoms with E-state index in [4.69, 9.17) is 10.5 Å². The van der Waals surface area contributed by atoms with Crippen LogP contribution in [0.2, 0.25) is 0 Å². The Labute approximate surface area is 109 Å². The molecule has 1 saturated heterocycles. The summed E-state index contributed by atoms with van der Waals surface area (Å²) in [6.45, 7) is 8.06.